The van der Waals surface area contributed by atoms with Gasteiger partial charge in [0.25, 0.3) is 5.91 Å². The molecule has 3 aromatic rings. The van der Waals surface area contributed by atoms with Gasteiger partial charge in [0.2, 0.25) is 11.2 Å². The Bertz CT molecular complexity index is 1260. The molecule has 0 saturated carbocycles. The minimum absolute atomic E-state index is 0.00850. The fourth-order valence-electron chi connectivity index (χ4n) is 4.48. The minimum atomic E-state index is -0.310. The topological polar surface area (TPSA) is 90.2 Å². The minimum Gasteiger partial charge on any atom is -0.493 e. The molecule has 0 fully saturated rings. The van der Waals surface area contributed by atoms with Crippen molar-refractivity contribution in [3.63, 3.8) is 0 Å². The van der Waals surface area contributed by atoms with E-state index in [4.69, 9.17) is 18.6 Å². The lowest BCUT2D eigenvalue weighted by Gasteiger charge is -2.29. The lowest BCUT2D eigenvalue weighted by molar-refractivity contribution is -0.123. The fourth-order valence-corrected chi connectivity index (χ4v) is 4.48. The van der Waals surface area contributed by atoms with Crippen LogP contribution in [0.4, 0.5) is 0 Å². The summed E-state index contributed by atoms with van der Waals surface area (Å²) in [6.45, 7) is 3.74. The average molecular weight is 507 g/mol. The van der Waals surface area contributed by atoms with Crippen LogP contribution in [0.2, 0.25) is 0 Å². The van der Waals surface area contributed by atoms with Crippen molar-refractivity contribution in [3.8, 4) is 17.2 Å². The third-order valence-corrected chi connectivity index (χ3v) is 6.50. The van der Waals surface area contributed by atoms with Gasteiger partial charge < -0.3 is 23.9 Å². The maximum Gasteiger partial charge on any atom is 0.258 e. The maximum absolute atomic E-state index is 12.6. The van der Waals surface area contributed by atoms with Crippen LogP contribution in [0.1, 0.15) is 35.8 Å². The van der Waals surface area contributed by atoms with Crippen LogP contribution in [0.15, 0.2) is 64.0 Å². The highest BCUT2D eigenvalue weighted by molar-refractivity contribution is 5.77. The molecule has 0 spiro atoms. The highest BCUT2D eigenvalue weighted by Crippen LogP contribution is 2.33. The first-order valence-corrected chi connectivity index (χ1v) is 12.5. The molecule has 0 saturated heterocycles. The first-order valence-electron chi connectivity index (χ1n) is 12.5. The van der Waals surface area contributed by atoms with Gasteiger partial charge in [-0.1, -0.05) is 30.3 Å². The van der Waals surface area contributed by atoms with Gasteiger partial charge in [0.15, 0.2) is 18.1 Å². The number of nitrogens with zero attached hydrogens (tertiary/aromatic N) is 1. The second-order valence-corrected chi connectivity index (χ2v) is 9.29. The molecule has 1 N–H and O–H groups in total. The molecule has 8 nitrogen and oxygen atoms in total. The number of hydrogen-bond acceptors (Lipinski definition) is 7. The van der Waals surface area contributed by atoms with Crippen molar-refractivity contribution in [2.45, 2.75) is 45.3 Å². The first-order chi connectivity index (χ1) is 17.9. The summed E-state index contributed by atoms with van der Waals surface area (Å²) in [5.41, 5.74) is 3.31. The molecule has 0 aliphatic carbocycles. The zero-order valence-corrected chi connectivity index (χ0v) is 21.6. The number of rotatable bonds is 11. The zero-order valence-electron chi connectivity index (χ0n) is 21.6. The molecular weight excluding hydrogens is 472 g/mol. The Labute approximate surface area is 217 Å². The predicted octanol–water partition coefficient (Wildman–Crippen LogP) is 3.73. The summed E-state index contributed by atoms with van der Waals surface area (Å²) in [6, 6.07) is 15.6. The van der Waals surface area contributed by atoms with Crippen LogP contribution in [0.25, 0.3) is 0 Å². The van der Waals surface area contributed by atoms with E-state index >= 15 is 0 Å². The van der Waals surface area contributed by atoms with Crippen LogP contribution >= 0.6 is 0 Å². The molecule has 2 aromatic carbocycles. The van der Waals surface area contributed by atoms with Crippen molar-refractivity contribution in [1.82, 2.24) is 10.2 Å². The average Bonchev–Trinajstić information content (AvgIpc) is 2.91. The Morgan fingerprint density at radius 2 is 1.78 bits per heavy atom. The van der Waals surface area contributed by atoms with Gasteiger partial charge in [-0.15, -0.1) is 0 Å². The van der Waals surface area contributed by atoms with Gasteiger partial charge in [0.1, 0.15) is 12.0 Å². The van der Waals surface area contributed by atoms with Crippen LogP contribution in [-0.4, -0.2) is 44.2 Å². The summed E-state index contributed by atoms with van der Waals surface area (Å²) in [4.78, 5) is 27.0. The van der Waals surface area contributed by atoms with Crippen LogP contribution < -0.4 is 25.0 Å². The van der Waals surface area contributed by atoms with E-state index in [0.717, 1.165) is 37.1 Å². The first kappa shape index (κ1) is 26.3. The second-order valence-electron chi connectivity index (χ2n) is 9.29. The SMILES string of the molecule is COc1cc2c(cc1OC)CN(Cc1cc(=O)c(OCC(=O)NC(C)CCc3ccccc3)co1)CC2. The Balaban J connectivity index is 1.26. The molecule has 1 unspecified atom stereocenters. The van der Waals surface area contributed by atoms with E-state index < -0.39 is 0 Å². The van der Waals surface area contributed by atoms with Gasteiger partial charge in [-0.3, -0.25) is 14.5 Å². The Morgan fingerprint density at radius 3 is 2.49 bits per heavy atom. The van der Waals surface area contributed by atoms with Crippen molar-refractivity contribution in [1.29, 1.82) is 0 Å². The van der Waals surface area contributed by atoms with Crippen LogP contribution in [0, 0.1) is 0 Å². The third-order valence-electron chi connectivity index (χ3n) is 6.50. The molecule has 0 radical (unpaired) electrons. The Morgan fingerprint density at radius 1 is 1.05 bits per heavy atom. The van der Waals surface area contributed by atoms with E-state index in [1.54, 1.807) is 14.2 Å². The molecule has 8 heteroatoms. The largest absolute Gasteiger partial charge is 0.493 e. The summed E-state index contributed by atoms with van der Waals surface area (Å²) < 4.78 is 21.9. The van der Waals surface area contributed by atoms with Gasteiger partial charge in [0, 0.05) is 25.2 Å². The second kappa shape index (κ2) is 12.5. The number of methoxy groups -OCH3 is 2. The molecule has 4 rings (SSSR count). The number of aryl methyl sites for hydroxylation is 1. The maximum atomic E-state index is 12.6. The van der Waals surface area contributed by atoms with E-state index in [9.17, 15) is 9.59 Å². The summed E-state index contributed by atoms with van der Waals surface area (Å²) in [5, 5.41) is 2.91. The van der Waals surface area contributed by atoms with Crippen LogP contribution in [0.3, 0.4) is 0 Å². The van der Waals surface area contributed by atoms with Gasteiger partial charge in [-0.05, 0) is 55.0 Å². The number of carbonyl (C=O) groups is 1. The van der Waals surface area contributed by atoms with E-state index in [2.05, 4.69) is 22.3 Å². The van der Waals surface area contributed by atoms with Crippen molar-refractivity contribution in [3.05, 3.63) is 87.5 Å². The van der Waals surface area contributed by atoms with Crippen molar-refractivity contribution in [2.24, 2.45) is 0 Å². The van der Waals surface area contributed by atoms with E-state index in [0.29, 0.717) is 24.6 Å². The smallest absolute Gasteiger partial charge is 0.258 e. The van der Waals surface area contributed by atoms with Gasteiger partial charge in [0.05, 0.1) is 20.8 Å². The molecule has 1 atom stereocenters. The van der Waals surface area contributed by atoms with E-state index in [-0.39, 0.29) is 29.7 Å². The Hall–Kier alpha value is -3.78. The van der Waals surface area contributed by atoms with E-state index in [1.807, 2.05) is 37.3 Å². The lowest BCUT2D eigenvalue weighted by atomic mass is 9.98. The van der Waals surface area contributed by atoms with Crippen molar-refractivity contribution >= 4 is 5.91 Å². The number of fused-ring (bicyclic) bond motifs is 1. The highest BCUT2D eigenvalue weighted by atomic mass is 16.5. The van der Waals surface area contributed by atoms with Gasteiger partial charge in [-0.2, -0.15) is 0 Å². The normalized spacial score (nSPS) is 13.9. The number of ether oxygens (including phenoxy) is 3. The van der Waals surface area contributed by atoms with Gasteiger partial charge >= 0.3 is 0 Å². The predicted molar refractivity (Wildman–Crippen MR) is 140 cm³/mol. The summed E-state index contributed by atoms with van der Waals surface area (Å²) in [7, 11) is 3.26. The summed E-state index contributed by atoms with van der Waals surface area (Å²) >= 11 is 0. The zero-order chi connectivity index (χ0) is 26.2. The van der Waals surface area contributed by atoms with Crippen LogP contribution in [-0.2, 0) is 30.7 Å². The standard InChI is InChI=1S/C29H34N2O6/c1-20(9-10-21-7-5-4-6-8-21)30-29(33)19-37-28-18-36-24(15-25(28)32)17-31-12-11-22-13-26(34-2)27(35-3)14-23(22)16-31/h4-8,13-15,18,20H,9-12,16-17,19H2,1-3H3,(H,30,33). The van der Waals surface area contributed by atoms with Crippen LogP contribution in [0.5, 0.6) is 17.2 Å². The molecule has 0 bridgehead atoms. The molecule has 1 amide bonds. The van der Waals surface area contributed by atoms with Crippen molar-refractivity contribution in [2.75, 3.05) is 27.4 Å². The number of amides is 1. The number of carbonyl (C=O) groups excluding carboxylic acids is 1. The quantitative estimate of drug-likeness (QED) is 0.424. The molecular formula is C29H34N2O6. The highest BCUT2D eigenvalue weighted by Gasteiger charge is 2.21. The molecule has 196 valence electrons. The number of benzene rings is 2. The fraction of sp³-hybridized carbons (Fsp3) is 0.379. The molecule has 1 aromatic heterocycles. The monoisotopic (exact) mass is 506 g/mol. The summed E-state index contributed by atoms with van der Waals surface area (Å²) in [6.07, 6.45) is 3.84. The summed E-state index contributed by atoms with van der Waals surface area (Å²) in [5.74, 6) is 1.72. The van der Waals surface area contributed by atoms with Gasteiger partial charge in [-0.25, -0.2) is 0 Å². The number of nitrogens with one attached hydrogen (secondary N) is 1. The molecule has 1 aliphatic rings. The lowest BCUT2D eigenvalue weighted by Crippen LogP contribution is -2.36. The number of hydrogen-bond donors (Lipinski definition) is 1. The Kier molecular flexibility index (Phi) is 8.85. The van der Waals surface area contributed by atoms with E-state index in [1.165, 1.54) is 23.5 Å². The molecule has 37 heavy (non-hydrogen) atoms. The van der Waals surface area contributed by atoms with Crippen molar-refractivity contribution < 1.29 is 23.4 Å². The molecule has 1 aliphatic heterocycles. The third kappa shape index (κ3) is 7.13. The molecule has 2 heterocycles.